The van der Waals surface area contributed by atoms with Crippen LogP contribution in [0.15, 0.2) is 42.5 Å². The van der Waals surface area contributed by atoms with Gasteiger partial charge in [-0.3, -0.25) is 4.90 Å². The van der Waals surface area contributed by atoms with Crippen LogP contribution in [0.1, 0.15) is 68.6 Å². The number of nitrogens with zero attached hydrogens (tertiary/aromatic N) is 2. The van der Waals surface area contributed by atoms with Crippen molar-refractivity contribution in [3.05, 3.63) is 59.2 Å². The lowest BCUT2D eigenvalue weighted by Gasteiger charge is -2.49. The molecule has 2 aromatic rings. The Hall–Kier alpha value is -2.00. The van der Waals surface area contributed by atoms with Gasteiger partial charge in [0.2, 0.25) is 0 Å². The van der Waals surface area contributed by atoms with E-state index >= 15 is 0 Å². The van der Waals surface area contributed by atoms with Gasteiger partial charge in [-0.05, 0) is 113 Å². The Bertz CT molecular complexity index is 860. The highest BCUT2D eigenvalue weighted by Crippen LogP contribution is 2.46. The highest BCUT2D eigenvalue weighted by atomic mass is 16.3. The molecule has 3 nitrogen and oxygen atoms in total. The van der Waals surface area contributed by atoms with Crippen molar-refractivity contribution >= 4 is 5.69 Å². The molecule has 3 heteroatoms. The van der Waals surface area contributed by atoms with Crippen LogP contribution in [0.5, 0.6) is 5.75 Å². The largest absolute Gasteiger partial charge is 0.508 e. The van der Waals surface area contributed by atoms with Gasteiger partial charge in [0.15, 0.2) is 0 Å². The molecule has 2 aliphatic carbocycles. The van der Waals surface area contributed by atoms with Crippen LogP contribution in [0.2, 0.25) is 0 Å². The average molecular weight is 421 g/mol. The lowest BCUT2D eigenvalue weighted by molar-refractivity contribution is 0.0612. The van der Waals surface area contributed by atoms with Gasteiger partial charge in [-0.15, -0.1) is 0 Å². The minimum atomic E-state index is 0.0399. The molecule has 0 bridgehead atoms. The molecule has 2 fully saturated rings. The summed E-state index contributed by atoms with van der Waals surface area (Å²) in [5.74, 6) is 1.26. The number of phenolic OH excluding ortho intramolecular Hbond substituents is 1. The van der Waals surface area contributed by atoms with Crippen molar-refractivity contribution in [1.82, 2.24) is 4.90 Å². The van der Waals surface area contributed by atoms with Crippen LogP contribution in [-0.2, 0) is 5.54 Å². The SMILES string of the molecule is CCCN(c1cc(C)cc(C)c1)C1CCC(c2cccc(O)c2)(N(C)CC2CC2)CC1. The molecule has 0 aromatic heterocycles. The number of rotatable bonds is 8. The molecule has 2 saturated carbocycles. The number of anilines is 1. The summed E-state index contributed by atoms with van der Waals surface area (Å²) in [5.41, 5.74) is 5.43. The normalized spacial score (nSPS) is 23.8. The maximum absolute atomic E-state index is 10.2. The third kappa shape index (κ3) is 4.92. The van der Waals surface area contributed by atoms with Crippen LogP contribution in [0.3, 0.4) is 0 Å². The van der Waals surface area contributed by atoms with Crippen LogP contribution in [0, 0.1) is 19.8 Å². The highest BCUT2D eigenvalue weighted by Gasteiger charge is 2.43. The summed E-state index contributed by atoms with van der Waals surface area (Å²) >= 11 is 0. The van der Waals surface area contributed by atoms with E-state index in [1.54, 1.807) is 6.07 Å². The molecule has 0 atom stereocenters. The summed E-state index contributed by atoms with van der Waals surface area (Å²) in [6.45, 7) is 9.00. The minimum Gasteiger partial charge on any atom is -0.508 e. The zero-order valence-electron chi connectivity index (χ0n) is 19.9. The molecule has 0 spiro atoms. The molecule has 2 aromatic carbocycles. The summed E-state index contributed by atoms with van der Waals surface area (Å²) < 4.78 is 0. The van der Waals surface area contributed by atoms with E-state index in [-0.39, 0.29) is 5.54 Å². The number of hydrogen-bond donors (Lipinski definition) is 1. The Morgan fingerprint density at radius 3 is 2.23 bits per heavy atom. The quantitative estimate of drug-likeness (QED) is 0.535. The van der Waals surface area contributed by atoms with Gasteiger partial charge in [0, 0.05) is 30.4 Å². The Morgan fingerprint density at radius 2 is 1.65 bits per heavy atom. The number of phenols is 1. The molecule has 0 heterocycles. The second kappa shape index (κ2) is 9.24. The van der Waals surface area contributed by atoms with Gasteiger partial charge >= 0.3 is 0 Å². The fourth-order valence-electron chi connectivity index (χ4n) is 5.82. The van der Waals surface area contributed by atoms with E-state index in [1.807, 2.05) is 12.1 Å². The molecular formula is C28H40N2O. The van der Waals surface area contributed by atoms with Crippen molar-refractivity contribution in [2.45, 2.75) is 77.3 Å². The number of benzene rings is 2. The van der Waals surface area contributed by atoms with Crippen molar-refractivity contribution < 1.29 is 5.11 Å². The molecular weight excluding hydrogens is 380 g/mol. The fraction of sp³-hybridized carbons (Fsp3) is 0.571. The monoisotopic (exact) mass is 420 g/mol. The van der Waals surface area contributed by atoms with Crippen LogP contribution in [-0.4, -0.2) is 36.2 Å². The molecule has 0 unspecified atom stereocenters. The molecule has 0 amide bonds. The topological polar surface area (TPSA) is 26.7 Å². The molecule has 4 rings (SSSR count). The summed E-state index contributed by atoms with van der Waals surface area (Å²) in [6, 6.07) is 15.6. The van der Waals surface area contributed by atoms with Crippen molar-refractivity contribution in [2.75, 3.05) is 25.0 Å². The van der Waals surface area contributed by atoms with Gasteiger partial charge in [-0.1, -0.05) is 25.1 Å². The molecule has 1 N–H and O–H groups in total. The van der Waals surface area contributed by atoms with Gasteiger partial charge in [-0.25, -0.2) is 0 Å². The lowest BCUT2D eigenvalue weighted by atomic mass is 9.73. The van der Waals surface area contributed by atoms with E-state index < -0.39 is 0 Å². The molecule has 0 aliphatic heterocycles. The Morgan fingerprint density at radius 1 is 0.968 bits per heavy atom. The second-order valence-electron chi connectivity index (χ2n) is 10.2. The van der Waals surface area contributed by atoms with Crippen molar-refractivity contribution in [2.24, 2.45) is 5.92 Å². The van der Waals surface area contributed by atoms with Gasteiger partial charge in [0.05, 0.1) is 0 Å². The summed E-state index contributed by atoms with van der Waals surface area (Å²) in [6.07, 6.45) is 8.60. The first-order valence-electron chi connectivity index (χ1n) is 12.3. The van der Waals surface area contributed by atoms with E-state index in [2.05, 4.69) is 61.9 Å². The Kier molecular flexibility index (Phi) is 6.62. The van der Waals surface area contributed by atoms with Crippen LogP contribution in [0.25, 0.3) is 0 Å². The molecule has 0 saturated heterocycles. The van der Waals surface area contributed by atoms with E-state index in [0.717, 1.165) is 25.3 Å². The average Bonchev–Trinajstić information content (AvgIpc) is 3.55. The molecule has 2 aliphatic rings. The molecule has 168 valence electrons. The molecule has 0 radical (unpaired) electrons. The van der Waals surface area contributed by atoms with E-state index in [4.69, 9.17) is 0 Å². The number of aromatic hydroxyl groups is 1. The minimum absolute atomic E-state index is 0.0399. The van der Waals surface area contributed by atoms with Gasteiger partial charge in [0.1, 0.15) is 5.75 Å². The van der Waals surface area contributed by atoms with Gasteiger partial charge < -0.3 is 10.0 Å². The van der Waals surface area contributed by atoms with E-state index in [9.17, 15) is 5.11 Å². The lowest BCUT2D eigenvalue weighted by Crippen LogP contribution is -2.51. The first-order chi connectivity index (χ1) is 14.9. The predicted molar refractivity (Wildman–Crippen MR) is 131 cm³/mol. The maximum Gasteiger partial charge on any atom is 0.115 e. The van der Waals surface area contributed by atoms with Crippen LogP contribution in [0.4, 0.5) is 5.69 Å². The number of aryl methyl sites for hydroxylation is 2. The standard InChI is InChI=1S/C28H40N2O/c1-5-15-30(26-17-21(2)16-22(3)18-26)25-11-13-28(14-12-25,29(4)20-23-9-10-23)24-7-6-8-27(31)19-24/h6-8,16-19,23,25,31H,5,9-15,20H2,1-4H3. The first kappa shape index (κ1) is 22.2. The molecule has 31 heavy (non-hydrogen) atoms. The predicted octanol–water partition coefficient (Wildman–Crippen LogP) is 6.41. The maximum atomic E-state index is 10.2. The first-order valence-corrected chi connectivity index (χ1v) is 12.3. The van der Waals surface area contributed by atoms with E-state index in [1.165, 1.54) is 61.0 Å². The van der Waals surface area contributed by atoms with Gasteiger partial charge in [0.25, 0.3) is 0 Å². The van der Waals surface area contributed by atoms with Crippen LogP contribution >= 0.6 is 0 Å². The number of hydrogen-bond acceptors (Lipinski definition) is 3. The zero-order valence-corrected chi connectivity index (χ0v) is 19.9. The van der Waals surface area contributed by atoms with Gasteiger partial charge in [-0.2, -0.15) is 0 Å². The van der Waals surface area contributed by atoms with Crippen molar-refractivity contribution in [3.8, 4) is 5.75 Å². The second-order valence-corrected chi connectivity index (χ2v) is 10.2. The summed E-state index contributed by atoms with van der Waals surface area (Å²) in [7, 11) is 2.32. The zero-order chi connectivity index (χ0) is 22.0. The fourth-order valence-corrected chi connectivity index (χ4v) is 5.82. The summed E-state index contributed by atoms with van der Waals surface area (Å²) in [4.78, 5) is 5.30. The van der Waals surface area contributed by atoms with Crippen LogP contribution < -0.4 is 4.90 Å². The van der Waals surface area contributed by atoms with Crippen molar-refractivity contribution in [3.63, 3.8) is 0 Å². The highest BCUT2D eigenvalue weighted by molar-refractivity contribution is 5.52. The Labute approximate surface area is 189 Å². The Balaban J connectivity index is 1.58. The van der Waals surface area contributed by atoms with Crippen molar-refractivity contribution in [1.29, 1.82) is 0 Å². The third-order valence-corrected chi connectivity index (χ3v) is 7.57. The third-order valence-electron chi connectivity index (χ3n) is 7.57. The smallest absolute Gasteiger partial charge is 0.115 e. The van der Waals surface area contributed by atoms with E-state index in [0.29, 0.717) is 11.8 Å². The summed E-state index contributed by atoms with van der Waals surface area (Å²) in [5, 5.41) is 10.2.